The number of carbonyl (C=O) groups excluding carboxylic acids is 3. The van der Waals surface area contributed by atoms with Gasteiger partial charge >= 0.3 is 6.03 Å². The van der Waals surface area contributed by atoms with Gasteiger partial charge in [0.05, 0.1) is 29.8 Å². The van der Waals surface area contributed by atoms with Crippen LogP contribution in [-0.4, -0.2) is 37.8 Å². The zero-order chi connectivity index (χ0) is 33.9. The minimum atomic E-state index is -0.530. The normalized spacial score (nSPS) is 16.2. The van der Waals surface area contributed by atoms with Crippen LogP contribution in [0.25, 0.3) is 21.8 Å². The van der Waals surface area contributed by atoms with Crippen molar-refractivity contribution in [1.82, 2.24) is 25.3 Å². The molecule has 13 heteroatoms. The van der Waals surface area contributed by atoms with Crippen LogP contribution >= 0.6 is 12.4 Å². The summed E-state index contributed by atoms with van der Waals surface area (Å²) in [6.07, 6.45) is 12.4. The number of nitrogens with one attached hydrogen (secondary N) is 5. The van der Waals surface area contributed by atoms with Gasteiger partial charge in [-0.3, -0.25) is 19.6 Å². The molecule has 12 nitrogen and oxygen atoms in total. The highest BCUT2D eigenvalue weighted by Crippen LogP contribution is 2.36. The molecular formula is C37H38ClN9O3. The van der Waals surface area contributed by atoms with Crippen LogP contribution in [0.2, 0.25) is 0 Å². The minimum Gasteiger partial charge on any atom is -0.357 e. The van der Waals surface area contributed by atoms with Crippen molar-refractivity contribution in [1.29, 1.82) is 0 Å². The van der Waals surface area contributed by atoms with Crippen LogP contribution in [0, 0.1) is 0 Å². The summed E-state index contributed by atoms with van der Waals surface area (Å²) < 4.78 is 0. The lowest BCUT2D eigenvalue weighted by Crippen LogP contribution is -2.34. The standard InChI is InChI=1S/C19H19N5O2.C18H18N4O.ClH/c20-19(26)24-16-5-1-4-13-14-9-11(6-7-15(14)23-17(13)16)18(25)22-12-3-2-8-21-10-12;19-15-5-1-4-13-14-9-11(6-7-16(14)22-17(13)15)18(23)21-12-3-2-8-20-10-12;/h2-3,6-10,16,23H,1,4-5H2,(H,22,25)(H3,20,24,26);2-3,6-10,15,22H,1,4-5,19H2,(H,21,23);1H. The third-order valence-electron chi connectivity index (χ3n) is 9.14. The van der Waals surface area contributed by atoms with E-state index in [4.69, 9.17) is 11.5 Å². The molecule has 2 aliphatic carbocycles. The maximum atomic E-state index is 12.5. The number of nitrogens with two attached hydrogens (primary N) is 2. The van der Waals surface area contributed by atoms with Gasteiger partial charge in [0.1, 0.15) is 0 Å². The van der Waals surface area contributed by atoms with Crippen molar-refractivity contribution in [2.45, 2.75) is 50.6 Å². The number of aromatic amines is 2. The lowest BCUT2D eigenvalue weighted by molar-refractivity contribution is 0.101. The summed E-state index contributed by atoms with van der Waals surface area (Å²) in [5.41, 5.74) is 20.5. The van der Waals surface area contributed by atoms with Crippen molar-refractivity contribution in [3.8, 4) is 0 Å². The first-order valence-corrected chi connectivity index (χ1v) is 16.4. The minimum absolute atomic E-state index is 0. The maximum absolute atomic E-state index is 12.5. The van der Waals surface area contributed by atoms with E-state index in [0.717, 1.165) is 77.3 Å². The van der Waals surface area contributed by atoms with Crippen LogP contribution in [0.4, 0.5) is 16.2 Å². The molecule has 8 rings (SSSR count). The van der Waals surface area contributed by atoms with Crippen LogP contribution < -0.4 is 27.4 Å². The molecule has 2 aliphatic rings. The molecule has 4 aromatic heterocycles. The Hall–Kier alpha value is -5.72. The van der Waals surface area contributed by atoms with E-state index in [1.165, 1.54) is 5.56 Å². The van der Waals surface area contributed by atoms with Crippen molar-refractivity contribution in [2.75, 3.05) is 10.6 Å². The van der Waals surface area contributed by atoms with Crippen molar-refractivity contribution < 1.29 is 14.4 Å². The molecule has 0 fully saturated rings. The molecule has 2 atom stereocenters. The van der Waals surface area contributed by atoms with Crippen molar-refractivity contribution in [2.24, 2.45) is 11.5 Å². The predicted octanol–water partition coefficient (Wildman–Crippen LogP) is 6.43. The van der Waals surface area contributed by atoms with Crippen molar-refractivity contribution >= 4 is 63.4 Å². The predicted molar refractivity (Wildman–Crippen MR) is 196 cm³/mol. The lowest BCUT2D eigenvalue weighted by Gasteiger charge is -2.22. The van der Waals surface area contributed by atoms with Gasteiger partial charge in [0.25, 0.3) is 11.8 Å². The number of hydrogen-bond acceptors (Lipinski definition) is 6. The number of aromatic nitrogens is 4. The number of amides is 4. The van der Waals surface area contributed by atoms with Crippen LogP contribution in [-0.2, 0) is 12.8 Å². The number of halogens is 1. The van der Waals surface area contributed by atoms with E-state index in [-0.39, 0.29) is 36.3 Å². The Balaban J connectivity index is 0.000000171. The van der Waals surface area contributed by atoms with Crippen LogP contribution in [0.3, 0.4) is 0 Å². The SMILES string of the molecule is Cl.NC(=O)NC1CCCc2c1[nH]c1ccc(C(=O)Nc3cccnc3)cc21.NC1CCCc2c1[nH]c1ccc(C(=O)Nc3cccnc3)cc21. The highest BCUT2D eigenvalue weighted by atomic mass is 35.5. The van der Waals surface area contributed by atoms with Gasteiger partial charge in [0.15, 0.2) is 0 Å². The molecule has 4 amide bonds. The number of benzene rings is 2. The molecule has 0 saturated carbocycles. The smallest absolute Gasteiger partial charge is 0.312 e. The molecular weight excluding hydrogens is 654 g/mol. The maximum Gasteiger partial charge on any atom is 0.312 e. The number of primary amides is 1. The Morgan fingerprint density at radius 1 is 0.720 bits per heavy atom. The summed E-state index contributed by atoms with van der Waals surface area (Å²) >= 11 is 0. The molecule has 0 bridgehead atoms. The lowest BCUT2D eigenvalue weighted by atomic mass is 9.91. The molecule has 0 spiro atoms. The highest BCUT2D eigenvalue weighted by molar-refractivity contribution is 6.07. The summed E-state index contributed by atoms with van der Waals surface area (Å²) in [6.45, 7) is 0. The zero-order valence-corrected chi connectivity index (χ0v) is 28.0. The average molecular weight is 692 g/mol. The zero-order valence-electron chi connectivity index (χ0n) is 27.2. The Kier molecular flexibility index (Phi) is 10.1. The summed E-state index contributed by atoms with van der Waals surface area (Å²) in [5, 5.41) is 10.6. The van der Waals surface area contributed by atoms with Gasteiger partial charge in [0, 0.05) is 62.8 Å². The van der Waals surface area contributed by atoms with Gasteiger partial charge in [-0.1, -0.05) is 0 Å². The first-order valence-electron chi connectivity index (χ1n) is 16.4. The molecule has 2 unspecified atom stereocenters. The van der Waals surface area contributed by atoms with Crippen LogP contribution in [0.15, 0.2) is 85.5 Å². The number of aryl methyl sites for hydroxylation is 2. The molecule has 256 valence electrons. The van der Waals surface area contributed by atoms with E-state index in [0.29, 0.717) is 22.5 Å². The van der Waals surface area contributed by atoms with Gasteiger partial charge in [-0.25, -0.2) is 4.79 Å². The molecule has 0 aliphatic heterocycles. The Morgan fingerprint density at radius 2 is 1.24 bits per heavy atom. The second-order valence-electron chi connectivity index (χ2n) is 12.4. The van der Waals surface area contributed by atoms with Crippen molar-refractivity contribution in [3.63, 3.8) is 0 Å². The molecule has 50 heavy (non-hydrogen) atoms. The quantitative estimate of drug-likeness (QED) is 0.109. The molecule has 0 saturated heterocycles. The van der Waals surface area contributed by atoms with Gasteiger partial charge in [-0.05, 0) is 110 Å². The van der Waals surface area contributed by atoms with E-state index in [1.807, 2.05) is 36.4 Å². The highest BCUT2D eigenvalue weighted by Gasteiger charge is 2.26. The number of anilines is 2. The number of H-pyrrole nitrogens is 2. The topological polar surface area (TPSA) is 197 Å². The van der Waals surface area contributed by atoms with Crippen LogP contribution in [0.1, 0.15) is 81.0 Å². The number of rotatable bonds is 5. The average Bonchev–Trinajstić information content (AvgIpc) is 3.68. The Bertz CT molecular complexity index is 2170. The fourth-order valence-electron chi connectivity index (χ4n) is 6.84. The molecule has 9 N–H and O–H groups in total. The summed E-state index contributed by atoms with van der Waals surface area (Å²) in [5.74, 6) is -0.313. The Labute approximate surface area is 294 Å². The van der Waals surface area contributed by atoms with Crippen LogP contribution in [0.5, 0.6) is 0 Å². The number of fused-ring (bicyclic) bond motifs is 6. The number of nitrogens with zero attached hydrogens (tertiary/aromatic N) is 2. The second kappa shape index (κ2) is 14.8. The number of urea groups is 1. The third-order valence-corrected chi connectivity index (χ3v) is 9.14. The van der Waals surface area contributed by atoms with E-state index < -0.39 is 6.03 Å². The van der Waals surface area contributed by atoms with Gasteiger partial charge < -0.3 is 37.4 Å². The van der Waals surface area contributed by atoms with Gasteiger partial charge in [-0.2, -0.15) is 0 Å². The Morgan fingerprint density at radius 3 is 1.76 bits per heavy atom. The fourth-order valence-corrected chi connectivity index (χ4v) is 6.84. The van der Waals surface area contributed by atoms with Gasteiger partial charge in [-0.15, -0.1) is 12.4 Å². The van der Waals surface area contributed by atoms with E-state index in [1.54, 1.807) is 49.1 Å². The summed E-state index contributed by atoms with van der Waals surface area (Å²) in [6, 6.07) is 17.9. The van der Waals surface area contributed by atoms with E-state index >= 15 is 0 Å². The fraction of sp³-hybridized carbons (Fsp3) is 0.216. The largest absolute Gasteiger partial charge is 0.357 e. The molecule has 0 radical (unpaired) electrons. The monoisotopic (exact) mass is 691 g/mol. The van der Waals surface area contributed by atoms with Crippen molar-refractivity contribution in [3.05, 3.63) is 119 Å². The van der Waals surface area contributed by atoms with E-state index in [9.17, 15) is 14.4 Å². The van der Waals surface area contributed by atoms with E-state index in [2.05, 4.69) is 35.9 Å². The summed E-state index contributed by atoms with van der Waals surface area (Å²) in [4.78, 5) is 51.0. The first-order chi connectivity index (χ1) is 23.8. The molecule has 2 aromatic carbocycles. The summed E-state index contributed by atoms with van der Waals surface area (Å²) in [7, 11) is 0. The first kappa shape index (κ1) is 34.2. The molecule has 6 aromatic rings. The number of carbonyl (C=O) groups is 3. The third kappa shape index (κ3) is 7.16. The number of hydrogen-bond donors (Lipinski definition) is 7. The second-order valence-corrected chi connectivity index (χ2v) is 12.4. The molecule has 4 heterocycles. The van der Waals surface area contributed by atoms with Gasteiger partial charge in [0.2, 0.25) is 0 Å². The number of pyridine rings is 2.